The maximum atomic E-state index is 11.7. The molecule has 5 heteroatoms. The van der Waals surface area contributed by atoms with Crippen LogP contribution in [0.2, 0.25) is 0 Å². The molecule has 158 valence electrons. The summed E-state index contributed by atoms with van der Waals surface area (Å²) in [5, 5.41) is 0. The number of hydrogen-bond donors (Lipinski definition) is 0. The van der Waals surface area contributed by atoms with Crippen LogP contribution in [0.5, 0.6) is 5.75 Å². The molecule has 0 heterocycles. The molecule has 0 saturated heterocycles. The van der Waals surface area contributed by atoms with Gasteiger partial charge in [-0.25, -0.2) is 4.79 Å². The summed E-state index contributed by atoms with van der Waals surface area (Å²) >= 11 is 0. The van der Waals surface area contributed by atoms with Crippen molar-refractivity contribution in [2.45, 2.75) is 34.6 Å². The molecule has 0 bridgehead atoms. The summed E-state index contributed by atoms with van der Waals surface area (Å²) in [6.45, 7) is 10.3. The number of methoxy groups -OCH3 is 1. The fourth-order valence-corrected chi connectivity index (χ4v) is 3.01. The van der Waals surface area contributed by atoms with Gasteiger partial charge in [-0.15, -0.1) is 0 Å². The quantitative estimate of drug-likeness (QED) is 0.323. The van der Waals surface area contributed by atoms with Gasteiger partial charge < -0.3 is 9.47 Å². The third-order valence-corrected chi connectivity index (χ3v) is 5.26. The molecule has 0 spiro atoms. The van der Waals surface area contributed by atoms with E-state index in [1.807, 2.05) is 32.1 Å². The summed E-state index contributed by atoms with van der Waals surface area (Å²) in [7, 11) is 0.734. The average Bonchev–Trinajstić information content (AvgIpc) is 2.64. The summed E-state index contributed by atoms with van der Waals surface area (Å²) in [5.41, 5.74) is 6.62. The maximum absolute atomic E-state index is 11.7. The Balaban J connectivity index is 2.77. The van der Waals surface area contributed by atoms with Crippen molar-refractivity contribution in [1.29, 1.82) is 0 Å². The Morgan fingerprint density at radius 1 is 1.10 bits per heavy atom. The van der Waals surface area contributed by atoms with Crippen LogP contribution in [0.25, 0.3) is 6.08 Å². The molecule has 1 unspecified atom stereocenters. The summed E-state index contributed by atoms with van der Waals surface area (Å²) in [6.07, 6.45) is 12.9. The highest BCUT2D eigenvalue weighted by atomic mass is 32.2. The number of hydrogen-bond acceptors (Lipinski definition) is 4. The summed E-state index contributed by atoms with van der Waals surface area (Å²) < 4.78 is 21.4. The highest BCUT2D eigenvalue weighted by Gasteiger charge is 2.08. The van der Waals surface area contributed by atoms with Gasteiger partial charge in [0, 0.05) is 23.1 Å². The highest BCUT2D eigenvalue weighted by molar-refractivity contribution is 7.84. The molecule has 0 aromatic heterocycles. The molecule has 29 heavy (non-hydrogen) atoms. The van der Waals surface area contributed by atoms with E-state index in [1.165, 1.54) is 22.8 Å². The molecule has 0 aliphatic rings. The Labute approximate surface area is 177 Å². The molecule has 1 atom stereocenters. The fraction of sp³-hybridized carbons (Fsp3) is 0.375. The molecule has 0 aliphatic carbocycles. The number of esters is 1. The van der Waals surface area contributed by atoms with Crippen molar-refractivity contribution >= 4 is 22.8 Å². The first-order valence-electron chi connectivity index (χ1n) is 9.48. The third-order valence-electron chi connectivity index (χ3n) is 4.52. The first-order valence-corrected chi connectivity index (χ1v) is 11.2. The van der Waals surface area contributed by atoms with E-state index in [9.17, 15) is 9.00 Å². The minimum Gasteiger partial charge on any atom is -0.496 e. The predicted molar refractivity (Wildman–Crippen MR) is 123 cm³/mol. The Morgan fingerprint density at radius 3 is 2.41 bits per heavy atom. The molecule has 0 radical (unpaired) electrons. The van der Waals surface area contributed by atoms with Crippen molar-refractivity contribution in [1.82, 2.24) is 0 Å². The highest BCUT2D eigenvalue weighted by Crippen LogP contribution is 2.28. The lowest BCUT2D eigenvalue weighted by molar-refractivity contribution is -0.137. The molecular weight excluding hydrogens is 384 g/mol. The van der Waals surface area contributed by atoms with Gasteiger partial charge in [0.2, 0.25) is 0 Å². The van der Waals surface area contributed by atoms with Crippen LogP contribution >= 0.6 is 0 Å². The first kappa shape index (κ1) is 24.6. The van der Waals surface area contributed by atoms with Gasteiger partial charge in [0.05, 0.1) is 12.9 Å². The summed E-state index contributed by atoms with van der Waals surface area (Å²) in [5.74, 6) is 0.852. The Hall–Kier alpha value is -2.40. The number of carbonyl (C=O) groups is 1. The van der Waals surface area contributed by atoms with Crippen molar-refractivity contribution in [3.63, 3.8) is 0 Å². The Kier molecular flexibility index (Phi) is 10.4. The van der Waals surface area contributed by atoms with E-state index < -0.39 is 16.8 Å². The number of aryl methyl sites for hydroxylation is 1. The maximum Gasteiger partial charge on any atom is 0.331 e. The molecule has 0 fully saturated rings. The van der Waals surface area contributed by atoms with Crippen molar-refractivity contribution in [3.8, 4) is 5.75 Å². The van der Waals surface area contributed by atoms with Gasteiger partial charge >= 0.3 is 5.97 Å². The van der Waals surface area contributed by atoms with Gasteiger partial charge in [-0.3, -0.25) is 4.21 Å². The zero-order chi connectivity index (χ0) is 22.0. The molecule has 1 rings (SSSR count). The van der Waals surface area contributed by atoms with Crippen LogP contribution in [-0.2, 0) is 20.3 Å². The first-order chi connectivity index (χ1) is 13.6. The van der Waals surface area contributed by atoms with Gasteiger partial charge in [0.1, 0.15) is 12.4 Å². The zero-order valence-corrected chi connectivity index (χ0v) is 19.3. The second kappa shape index (κ2) is 12.2. The van der Waals surface area contributed by atoms with E-state index in [0.29, 0.717) is 5.75 Å². The molecular formula is C24H32O4S. The lowest BCUT2D eigenvalue weighted by Gasteiger charge is -2.13. The van der Waals surface area contributed by atoms with Crippen molar-refractivity contribution in [2.24, 2.45) is 0 Å². The Bertz CT molecular complexity index is 873. The average molecular weight is 417 g/mol. The number of carbonyl (C=O) groups excluding carboxylic acids is 1. The predicted octanol–water partition coefficient (Wildman–Crippen LogP) is 5.00. The smallest absolute Gasteiger partial charge is 0.331 e. The molecule has 0 saturated carbocycles. The second-order valence-electron chi connectivity index (χ2n) is 7.00. The lowest BCUT2D eigenvalue weighted by Crippen LogP contribution is -2.09. The number of allylic oxidation sites excluding steroid dienone is 6. The topological polar surface area (TPSA) is 52.6 Å². The van der Waals surface area contributed by atoms with E-state index in [1.54, 1.807) is 13.4 Å². The molecule has 0 amide bonds. The number of rotatable bonds is 9. The van der Waals surface area contributed by atoms with E-state index >= 15 is 0 Å². The number of benzene rings is 1. The lowest BCUT2D eigenvalue weighted by atomic mass is 9.96. The second-order valence-corrected chi connectivity index (χ2v) is 8.55. The van der Waals surface area contributed by atoms with Crippen molar-refractivity contribution in [2.75, 3.05) is 25.7 Å². The normalized spacial score (nSPS) is 13.9. The standard InChI is InChI=1S/C24H32O4S/c1-17(9-8-10-18(2)15-24(25)28-13-14-29(7)26)11-12-22-19(3)16-23(27-6)21(5)20(22)4/h8-12,15-16H,13-14H2,1-7H3. The number of ether oxygens (including phenoxy) is 2. The van der Waals surface area contributed by atoms with Gasteiger partial charge in [-0.2, -0.15) is 0 Å². The largest absolute Gasteiger partial charge is 0.496 e. The van der Waals surface area contributed by atoms with E-state index in [4.69, 9.17) is 9.47 Å². The van der Waals surface area contributed by atoms with Crippen LogP contribution in [0.3, 0.4) is 0 Å². The van der Waals surface area contributed by atoms with Gasteiger partial charge in [-0.05, 0) is 68.5 Å². The minimum atomic E-state index is -0.960. The van der Waals surface area contributed by atoms with E-state index in [0.717, 1.165) is 22.5 Å². The monoisotopic (exact) mass is 416 g/mol. The molecule has 1 aromatic carbocycles. The van der Waals surface area contributed by atoms with Crippen LogP contribution in [0, 0.1) is 20.8 Å². The summed E-state index contributed by atoms with van der Waals surface area (Å²) in [6, 6.07) is 2.06. The zero-order valence-electron chi connectivity index (χ0n) is 18.5. The molecule has 0 aliphatic heterocycles. The van der Waals surface area contributed by atoms with Crippen LogP contribution < -0.4 is 4.74 Å². The van der Waals surface area contributed by atoms with Gasteiger partial charge in [0.25, 0.3) is 0 Å². The van der Waals surface area contributed by atoms with Crippen LogP contribution in [-0.4, -0.2) is 35.9 Å². The van der Waals surface area contributed by atoms with Crippen molar-refractivity contribution in [3.05, 3.63) is 69.8 Å². The van der Waals surface area contributed by atoms with E-state index in [-0.39, 0.29) is 6.61 Å². The molecule has 1 aromatic rings. The Morgan fingerprint density at radius 2 is 1.79 bits per heavy atom. The van der Waals surface area contributed by atoms with Crippen LogP contribution in [0.4, 0.5) is 0 Å². The summed E-state index contributed by atoms with van der Waals surface area (Å²) in [4.78, 5) is 11.7. The SMILES string of the molecule is COc1cc(C)c(C=CC(C)=CC=CC(C)=CC(=O)OCCS(C)=O)c(C)c1C. The van der Waals surface area contributed by atoms with Gasteiger partial charge in [0.15, 0.2) is 0 Å². The van der Waals surface area contributed by atoms with Crippen molar-refractivity contribution < 1.29 is 18.5 Å². The fourth-order valence-electron chi connectivity index (χ4n) is 2.69. The van der Waals surface area contributed by atoms with Crippen LogP contribution in [0.15, 0.2) is 47.6 Å². The van der Waals surface area contributed by atoms with Gasteiger partial charge in [-0.1, -0.05) is 36.0 Å². The van der Waals surface area contributed by atoms with Crippen LogP contribution in [0.1, 0.15) is 36.1 Å². The van der Waals surface area contributed by atoms with E-state index in [2.05, 4.69) is 39.0 Å². The molecule has 0 N–H and O–H groups in total. The minimum absolute atomic E-state index is 0.170. The third kappa shape index (κ3) is 8.65. The molecule has 4 nitrogen and oxygen atoms in total.